The van der Waals surface area contributed by atoms with Gasteiger partial charge in [0.25, 0.3) is 11.1 Å². The summed E-state index contributed by atoms with van der Waals surface area (Å²) in [6.07, 6.45) is 4.89. The lowest BCUT2D eigenvalue weighted by Gasteiger charge is -2.01. The maximum atomic E-state index is 11.7. The molecule has 6 nitrogen and oxygen atoms in total. The zero-order valence-electron chi connectivity index (χ0n) is 12.6. The van der Waals surface area contributed by atoms with Crippen LogP contribution in [0.15, 0.2) is 52.0 Å². The third kappa shape index (κ3) is 2.79. The number of carbonyl (C=O) groups excluding carboxylic acids is 2. The molecule has 1 aromatic carbocycles. The third-order valence-electron chi connectivity index (χ3n) is 3.68. The summed E-state index contributed by atoms with van der Waals surface area (Å²) in [5, 5.41) is 11.5. The van der Waals surface area contributed by atoms with Crippen molar-refractivity contribution in [3.63, 3.8) is 0 Å². The van der Waals surface area contributed by atoms with Crippen molar-refractivity contribution >= 4 is 40.0 Å². The number of nitrogens with one attached hydrogen (secondary N) is 1. The van der Waals surface area contributed by atoms with Crippen LogP contribution >= 0.6 is 11.8 Å². The summed E-state index contributed by atoms with van der Waals surface area (Å²) in [5.41, 5.74) is 2.85. The number of carbonyl (C=O) groups is 2. The average Bonchev–Trinajstić information content (AvgIpc) is 3.17. The molecule has 2 aromatic heterocycles. The number of pyridine rings is 1. The van der Waals surface area contributed by atoms with E-state index < -0.39 is 11.1 Å². The minimum atomic E-state index is -0.430. The Morgan fingerprint density at radius 3 is 2.68 bits per heavy atom. The number of benzene rings is 1. The maximum absolute atomic E-state index is 11.7. The molecule has 1 N–H and O–H groups in total. The van der Waals surface area contributed by atoms with E-state index in [0.29, 0.717) is 16.9 Å². The lowest BCUT2D eigenvalue weighted by atomic mass is 10.0. The molecule has 25 heavy (non-hydrogen) atoms. The van der Waals surface area contributed by atoms with Gasteiger partial charge in [-0.3, -0.25) is 19.9 Å². The van der Waals surface area contributed by atoms with E-state index in [-0.39, 0.29) is 4.91 Å². The monoisotopic (exact) mass is 347 g/mol. The summed E-state index contributed by atoms with van der Waals surface area (Å²) in [4.78, 5) is 27.4. The van der Waals surface area contributed by atoms with Crippen LogP contribution in [-0.2, 0) is 4.79 Å². The van der Waals surface area contributed by atoms with Crippen molar-refractivity contribution in [3.8, 4) is 17.2 Å². The van der Waals surface area contributed by atoms with E-state index in [0.717, 1.165) is 28.3 Å². The molecule has 1 aliphatic heterocycles. The van der Waals surface area contributed by atoms with Gasteiger partial charge in [0.15, 0.2) is 0 Å². The Hall–Kier alpha value is -3.37. The molecule has 4 rings (SSSR count). The molecule has 0 radical (unpaired) electrons. The lowest BCUT2D eigenvalue weighted by Crippen LogP contribution is -2.17. The number of furan rings is 1. The second kappa shape index (κ2) is 5.92. The van der Waals surface area contributed by atoms with Gasteiger partial charge in [0.2, 0.25) is 0 Å². The predicted octanol–water partition coefficient (Wildman–Crippen LogP) is 3.69. The lowest BCUT2D eigenvalue weighted by molar-refractivity contribution is -0.115. The van der Waals surface area contributed by atoms with E-state index in [4.69, 9.17) is 9.68 Å². The van der Waals surface area contributed by atoms with Crippen molar-refractivity contribution in [2.75, 3.05) is 0 Å². The predicted molar refractivity (Wildman–Crippen MR) is 93.3 cm³/mol. The summed E-state index contributed by atoms with van der Waals surface area (Å²) < 4.78 is 5.87. The zero-order valence-corrected chi connectivity index (χ0v) is 13.5. The normalized spacial score (nSPS) is 15.6. The first-order chi connectivity index (χ1) is 12.1. The van der Waals surface area contributed by atoms with Crippen LogP contribution in [0.25, 0.3) is 28.2 Å². The van der Waals surface area contributed by atoms with E-state index >= 15 is 0 Å². The van der Waals surface area contributed by atoms with Gasteiger partial charge < -0.3 is 4.42 Å². The van der Waals surface area contributed by atoms with Gasteiger partial charge >= 0.3 is 0 Å². The summed E-state index contributed by atoms with van der Waals surface area (Å²) in [7, 11) is 0. The highest BCUT2D eigenvalue weighted by Gasteiger charge is 2.25. The Morgan fingerprint density at radius 2 is 2.00 bits per heavy atom. The van der Waals surface area contributed by atoms with Crippen LogP contribution in [0.2, 0.25) is 0 Å². The molecule has 0 spiro atoms. The molecule has 7 heteroatoms. The van der Waals surface area contributed by atoms with E-state index in [1.54, 1.807) is 30.6 Å². The number of hydrogen-bond acceptors (Lipinski definition) is 6. The van der Waals surface area contributed by atoms with Gasteiger partial charge in [-0.25, -0.2) is 0 Å². The van der Waals surface area contributed by atoms with Crippen LogP contribution in [0.5, 0.6) is 0 Å². The number of nitrogens with zero attached hydrogens (tertiary/aromatic N) is 2. The first-order valence-corrected chi connectivity index (χ1v) is 8.08. The molecular formula is C18H9N3O3S. The second-order valence-electron chi connectivity index (χ2n) is 5.30. The number of hydrogen-bond donors (Lipinski definition) is 1. The van der Waals surface area contributed by atoms with Crippen molar-refractivity contribution < 1.29 is 14.0 Å². The number of fused-ring (bicyclic) bond motifs is 1. The van der Waals surface area contributed by atoms with Crippen molar-refractivity contribution in [2.24, 2.45) is 0 Å². The molecule has 0 aliphatic carbocycles. The van der Waals surface area contributed by atoms with Crippen LogP contribution in [0, 0.1) is 11.3 Å². The van der Waals surface area contributed by atoms with Gasteiger partial charge in [-0.1, -0.05) is 12.1 Å². The minimum absolute atomic E-state index is 0.289. The maximum Gasteiger partial charge on any atom is 0.290 e. The van der Waals surface area contributed by atoms with E-state index in [2.05, 4.69) is 16.4 Å². The molecule has 1 saturated heterocycles. The fourth-order valence-corrected chi connectivity index (χ4v) is 3.20. The number of thioether (sulfide) groups is 1. The first kappa shape index (κ1) is 15.2. The van der Waals surface area contributed by atoms with E-state index in [9.17, 15) is 9.59 Å². The molecule has 120 valence electrons. The summed E-state index contributed by atoms with van der Waals surface area (Å²) in [6.45, 7) is 0. The number of nitriles is 1. The molecule has 0 atom stereocenters. The van der Waals surface area contributed by atoms with Crippen molar-refractivity contribution in [1.29, 1.82) is 5.26 Å². The van der Waals surface area contributed by atoms with E-state index in [1.165, 1.54) is 6.08 Å². The van der Waals surface area contributed by atoms with Gasteiger partial charge in [0, 0.05) is 29.4 Å². The topological polar surface area (TPSA) is 96.0 Å². The molecule has 0 bridgehead atoms. The Bertz CT molecular complexity index is 1090. The second-order valence-corrected chi connectivity index (χ2v) is 6.31. The molecule has 2 amide bonds. The van der Waals surface area contributed by atoms with Crippen LogP contribution < -0.4 is 5.32 Å². The van der Waals surface area contributed by atoms with Crippen LogP contribution in [0.1, 0.15) is 11.3 Å². The Labute approximate surface area is 146 Å². The fourth-order valence-electron chi connectivity index (χ4n) is 2.53. The van der Waals surface area contributed by atoms with Gasteiger partial charge in [-0.15, -0.1) is 0 Å². The molecule has 1 aliphatic rings. The highest BCUT2D eigenvalue weighted by atomic mass is 32.2. The molecule has 0 unspecified atom stereocenters. The molecule has 3 aromatic rings. The van der Waals surface area contributed by atoms with Crippen LogP contribution in [0.4, 0.5) is 4.79 Å². The van der Waals surface area contributed by atoms with Gasteiger partial charge in [0.05, 0.1) is 16.5 Å². The largest absolute Gasteiger partial charge is 0.456 e. The summed E-state index contributed by atoms with van der Waals surface area (Å²) in [6, 6.07) is 11.0. The van der Waals surface area contributed by atoms with Gasteiger partial charge in [-0.2, -0.15) is 5.26 Å². The molecular weight excluding hydrogens is 338 g/mol. The number of rotatable bonds is 2. The van der Waals surface area contributed by atoms with Gasteiger partial charge in [0.1, 0.15) is 11.3 Å². The van der Waals surface area contributed by atoms with Crippen molar-refractivity contribution in [2.45, 2.75) is 0 Å². The number of amides is 2. The fraction of sp³-hybridized carbons (Fsp3) is 0. The summed E-state index contributed by atoms with van der Waals surface area (Å²) >= 11 is 0.838. The minimum Gasteiger partial charge on any atom is -0.456 e. The van der Waals surface area contributed by atoms with Crippen molar-refractivity contribution in [3.05, 3.63) is 59.0 Å². The quantitative estimate of drug-likeness (QED) is 0.710. The van der Waals surface area contributed by atoms with Gasteiger partial charge in [-0.05, 0) is 35.5 Å². The molecule has 1 fully saturated rings. The standard InChI is InChI=1S/C18H9N3O3S/c19-7-10-1-3-11(4-2-10)14-9-20-8-12-5-13(24-16(12)14)6-15-17(22)21-18(23)25-15/h1-6,8-9H,(H,21,22,23)/b15-6-. The zero-order chi connectivity index (χ0) is 17.4. The number of imide groups is 1. The molecule has 0 saturated carbocycles. The Kier molecular flexibility index (Phi) is 3.60. The number of aromatic nitrogens is 1. The van der Waals surface area contributed by atoms with Crippen molar-refractivity contribution in [1.82, 2.24) is 10.3 Å². The highest BCUT2D eigenvalue weighted by molar-refractivity contribution is 8.18. The SMILES string of the molecule is N#Cc1ccc(-c2cncc3cc(/C=C4\SC(=O)NC4=O)oc23)cc1. The van der Waals surface area contributed by atoms with E-state index in [1.807, 2.05) is 12.1 Å². The third-order valence-corrected chi connectivity index (χ3v) is 4.49. The highest BCUT2D eigenvalue weighted by Crippen LogP contribution is 2.32. The Balaban J connectivity index is 1.79. The smallest absolute Gasteiger partial charge is 0.290 e. The average molecular weight is 347 g/mol. The summed E-state index contributed by atoms with van der Waals surface area (Å²) in [5.74, 6) is 0.0335. The van der Waals surface area contributed by atoms with Crippen LogP contribution in [-0.4, -0.2) is 16.1 Å². The Morgan fingerprint density at radius 1 is 1.20 bits per heavy atom. The van der Waals surface area contributed by atoms with Crippen LogP contribution in [0.3, 0.4) is 0 Å². The molecule has 3 heterocycles. The first-order valence-electron chi connectivity index (χ1n) is 7.27.